The summed E-state index contributed by atoms with van der Waals surface area (Å²) in [6, 6.07) is 2.59. The summed E-state index contributed by atoms with van der Waals surface area (Å²) in [5.41, 5.74) is 1.11. The van der Waals surface area contributed by atoms with E-state index in [4.69, 9.17) is 13.7 Å². The van der Waals surface area contributed by atoms with E-state index in [1.807, 2.05) is 18.4 Å². The van der Waals surface area contributed by atoms with Gasteiger partial charge in [-0.25, -0.2) is 13.8 Å². The Morgan fingerprint density at radius 1 is 0.900 bits per heavy atom. The van der Waals surface area contributed by atoms with Crippen molar-refractivity contribution >= 4 is 33.1 Å². The molecule has 0 N–H and O–H groups in total. The number of hydrogen-bond donors (Lipinski definition) is 0. The summed E-state index contributed by atoms with van der Waals surface area (Å²) in [6.07, 6.45) is 5.92. The SMILES string of the molecule is COC(=O)C(C)C1[C@H]2CC(OS(C)(=O)=O)C[C@@H]12.COC(=O)C(C)C1[C@H]2CC(n3cnc4cc(F)c(F)cc43)C[C@@H]12. The molecule has 0 spiro atoms. The van der Waals surface area contributed by atoms with Crippen molar-refractivity contribution in [2.24, 2.45) is 47.3 Å². The highest BCUT2D eigenvalue weighted by Gasteiger charge is 2.60. The normalized spacial score (nSPS) is 33.3. The van der Waals surface area contributed by atoms with E-state index in [0.717, 1.165) is 38.0 Å². The summed E-state index contributed by atoms with van der Waals surface area (Å²) in [5.74, 6) is 0.418. The lowest BCUT2D eigenvalue weighted by molar-refractivity contribution is -0.146. The molecule has 4 fully saturated rings. The van der Waals surface area contributed by atoms with Crippen molar-refractivity contribution in [1.82, 2.24) is 9.55 Å². The van der Waals surface area contributed by atoms with Crippen molar-refractivity contribution in [2.75, 3.05) is 20.5 Å². The molecule has 10 atom stereocenters. The largest absolute Gasteiger partial charge is 0.469 e. The van der Waals surface area contributed by atoms with Crippen molar-refractivity contribution in [2.45, 2.75) is 51.7 Å². The monoisotopic (exact) mass is 582 g/mol. The van der Waals surface area contributed by atoms with Crippen LogP contribution < -0.4 is 0 Å². The zero-order valence-corrected chi connectivity index (χ0v) is 24.1. The highest BCUT2D eigenvalue weighted by atomic mass is 32.2. The molecule has 6 rings (SSSR count). The topological polar surface area (TPSA) is 114 Å². The van der Waals surface area contributed by atoms with Crippen LogP contribution in [0.25, 0.3) is 11.0 Å². The first kappa shape index (κ1) is 28.9. The number of aromatic nitrogens is 2. The van der Waals surface area contributed by atoms with Gasteiger partial charge in [0.15, 0.2) is 11.6 Å². The maximum atomic E-state index is 13.5. The van der Waals surface area contributed by atoms with Gasteiger partial charge < -0.3 is 14.0 Å². The molecule has 0 saturated heterocycles. The van der Waals surface area contributed by atoms with Gasteiger partial charge in [-0.05, 0) is 61.2 Å². The minimum absolute atomic E-state index is 0.0676. The lowest BCUT2D eigenvalue weighted by Gasteiger charge is -2.19. The molecule has 0 amide bonds. The van der Waals surface area contributed by atoms with Crippen LogP contribution in [-0.4, -0.2) is 56.5 Å². The lowest BCUT2D eigenvalue weighted by Crippen LogP contribution is -2.21. The van der Waals surface area contributed by atoms with Crippen LogP contribution in [0, 0.1) is 59.0 Å². The van der Waals surface area contributed by atoms with Gasteiger partial charge in [-0.1, -0.05) is 13.8 Å². The Kier molecular flexibility index (Phi) is 7.71. The number of imidazole rings is 1. The first-order valence-corrected chi connectivity index (χ1v) is 15.5. The minimum Gasteiger partial charge on any atom is -0.469 e. The molecule has 0 bridgehead atoms. The third-order valence-electron chi connectivity index (χ3n) is 9.58. The Hall–Kier alpha value is -2.60. The van der Waals surface area contributed by atoms with Crippen molar-refractivity contribution in [3.8, 4) is 0 Å². The highest BCUT2D eigenvalue weighted by molar-refractivity contribution is 7.86. The van der Waals surface area contributed by atoms with Crippen LogP contribution in [0.5, 0.6) is 0 Å². The fourth-order valence-electron chi connectivity index (χ4n) is 7.74. The van der Waals surface area contributed by atoms with Gasteiger partial charge >= 0.3 is 11.9 Å². The summed E-state index contributed by atoms with van der Waals surface area (Å²) < 4.78 is 65.2. The number of halogens is 2. The second kappa shape index (κ2) is 10.7. The van der Waals surface area contributed by atoms with E-state index >= 15 is 0 Å². The Labute approximate surface area is 232 Å². The number of methoxy groups -OCH3 is 2. The van der Waals surface area contributed by atoms with E-state index in [9.17, 15) is 26.8 Å². The van der Waals surface area contributed by atoms with Crippen molar-refractivity contribution in [3.05, 3.63) is 30.1 Å². The molecule has 9 nitrogen and oxygen atoms in total. The predicted octanol–water partition coefficient (Wildman–Crippen LogP) is 4.12. The van der Waals surface area contributed by atoms with E-state index in [0.29, 0.717) is 46.5 Å². The number of benzene rings is 1. The van der Waals surface area contributed by atoms with Crippen LogP contribution in [0.3, 0.4) is 0 Å². The molecule has 4 aliphatic carbocycles. The van der Waals surface area contributed by atoms with E-state index in [-0.39, 0.29) is 35.9 Å². The molecule has 1 aromatic carbocycles. The van der Waals surface area contributed by atoms with Gasteiger partial charge in [-0.15, -0.1) is 0 Å². The molecule has 0 radical (unpaired) electrons. The molecule has 12 heteroatoms. The number of esters is 2. The number of rotatable bonds is 7. The van der Waals surface area contributed by atoms with Gasteiger partial charge in [0.1, 0.15) is 0 Å². The molecule has 6 unspecified atom stereocenters. The van der Waals surface area contributed by atoms with Gasteiger partial charge in [0.25, 0.3) is 10.1 Å². The Bertz CT molecular complexity index is 1390. The number of hydrogen-bond acceptors (Lipinski definition) is 8. The smallest absolute Gasteiger partial charge is 0.308 e. The summed E-state index contributed by atoms with van der Waals surface area (Å²) in [6.45, 7) is 3.80. The average molecular weight is 583 g/mol. The van der Waals surface area contributed by atoms with Crippen molar-refractivity contribution < 1.29 is 40.4 Å². The molecule has 0 aliphatic heterocycles. The molecule has 40 heavy (non-hydrogen) atoms. The lowest BCUT2D eigenvalue weighted by atomic mass is 9.97. The third kappa shape index (κ3) is 5.48. The van der Waals surface area contributed by atoms with Gasteiger partial charge in [-0.2, -0.15) is 8.42 Å². The van der Waals surface area contributed by atoms with Crippen LogP contribution in [-0.2, 0) is 33.4 Å². The number of ether oxygens (including phenoxy) is 2. The number of carbonyl (C=O) groups is 2. The molecular formula is C28H36F2N2O7S. The van der Waals surface area contributed by atoms with Gasteiger partial charge in [-0.3, -0.25) is 13.8 Å². The minimum atomic E-state index is -3.36. The fourth-order valence-corrected chi connectivity index (χ4v) is 8.39. The fraction of sp³-hybridized carbons (Fsp3) is 0.679. The van der Waals surface area contributed by atoms with Crippen molar-refractivity contribution in [1.29, 1.82) is 0 Å². The first-order chi connectivity index (χ1) is 18.8. The Morgan fingerprint density at radius 3 is 1.85 bits per heavy atom. The van der Waals surface area contributed by atoms with Crippen LogP contribution >= 0.6 is 0 Å². The van der Waals surface area contributed by atoms with Gasteiger partial charge in [0.05, 0.1) is 55.8 Å². The predicted molar refractivity (Wildman–Crippen MR) is 140 cm³/mol. The highest BCUT2D eigenvalue weighted by Crippen LogP contribution is 2.64. The number of carbonyl (C=O) groups excluding carboxylic acids is 2. The first-order valence-electron chi connectivity index (χ1n) is 13.7. The second-order valence-electron chi connectivity index (χ2n) is 11.9. The second-order valence-corrected chi connectivity index (χ2v) is 13.5. The summed E-state index contributed by atoms with van der Waals surface area (Å²) in [5, 5.41) is 0. The van der Waals surface area contributed by atoms with E-state index in [1.54, 1.807) is 6.33 Å². The molecule has 1 heterocycles. The Morgan fingerprint density at radius 2 is 1.38 bits per heavy atom. The van der Waals surface area contributed by atoms with Gasteiger partial charge in [0.2, 0.25) is 0 Å². The summed E-state index contributed by atoms with van der Waals surface area (Å²) in [7, 11) is -0.544. The molecule has 4 aliphatic rings. The molecule has 2 aromatic rings. The van der Waals surface area contributed by atoms with Crippen LogP contribution in [0.15, 0.2) is 18.5 Å². The Balaban J connectivity index is 0.000000170. The van der Waals surface area contributed by atoms with E-state index < -0.39 is 21.8 Å². The molecule has 220 valence electrons. The zero-order chi connectivity index (χ0) is 29.1. The van der Waals surface area contributed by atoms with Crippen LogP contribution in [0.1, 0.15) is 45.6 Å². The maximum absolute atomic E-state index is 13.5. The quantitative estimate of drug-likeness (QED) is 0.354. The summed E-state index contributed by atoms with van der Waals surface area (Å²) >= 11 is 0. The third-order valence-corrected chi connectivity index (χ3v) is 10.2. The maximum Gasteiger partial charge on any atom is 0.308 e. The van der Waals surface area contributed by atoms with Crippen LogP contribution in [0.2, 0.25) is 0 Å². The average Bonchev–Trinajstić information content (AvgIpc) is 3.47. The number of fused-ring (bicyclic) bond motifs is 3. The molecule has 1 aromatic heterocycles. The standard InChI is InChI=1S/C17H18F2N2O2.C11H18O5S/c1-8(17(22)23-2)16-10-3-9(4-11(10)16)21-7-20-14-5-12(18)13(19)6-15(14)21;1-6(11(12)15-2)10-8-4-7(5-9(8)10)16-17(3,13)14/h5-11,16H,3-4H2,1-2H3;6-10H,4-5H2,1-3H3/t8?,9?,10-,11+,16?;6?,7?,8-,9+,10?. The number of nitrogens with zero attached hydrogens (tertiary/aromatic N) is 2. The summed E-state index contributed by atoms with van der Waals surface area (Å²) in [4.78, 5) is 27.2. The molecular weight excluding hydrogens is 546 g/mol. The van der Waals surface area contributed by atoms with Crippen LogP contribution in [0.4, 0.5) is 8.78 Å². The van der Waals surface area contributed by atoms with E-state index in [2.05, 4.69) is 4.98 Å². The van der Waals surface area contributed by atoms with Crippen molar-refractivity contribution in [3.63, 3.8) is 0 Å². The molecule has 4 saturated carbocycles. The van der Waals surface area contributed by atoms with E-state index in [1.165, 1.54) is 20.3 Å². The zero-order valence-electron chi connectivity index (χ0n) is 23.3. The van der Waals surface area contributed by atoms with Gasteiger partial charge in [0, 0.05) is 18.2 Å².